The van der Waals surface area contributed by atoms with E-state index in [4.69, 9.17) is 34.5 Å². The van der Waals surface area contributed by atoms with Crippen molar-refractivity contribution in [2.24, 2.45) is 0 Å². The van der Waals surface area contributed by atoms with Gasteiger partial charge < -0.3 is 0 Å². The SMILES string of the molecule is CCCCCCCCC1(CCCCCCCC)c2cc3c(cc2-c2c1cc(B1OC(C)(C)C(C)(C)O1)c1n[se]nc21)C(CCCCCCCC)(CCCCCCCC)c1cc(B2OC(C)(C)C(C)(C)O2)c2n[se]nc2c1-3. The first kappa shape index (κ1) is 58.5. The van der Waals surface area contributed by atoms with Gasteiger partial charge in [-0.25, -0.2) is 0 Å². The Morgan fingerprint density at radius 1 is 0.342 bits per heavy atom. The van der Waals surface area contributed by atoms with Crippen molar-refractivity contribution >= 4 is 77.2 Å². The van der Waals surface area contributed by atoms with Gasteiger partial charge >= 0.3 is 449 Å². The maximum atomic E-state index is 6.98. The molecule has 2 aliphatic carbocycles. The van der Waals surface area contributed by atoms with Crippen molar-refractivity contribution in [1.29, 1.82) is 0 Å². The Morgan fingerprint density at radius 2 is 0.605 bits per heavy atom. The van der Waals surface area contributed by atoms with Gasteiger partial charge in [0, 0.05) is 0 Å². The van der Waals surface area contributed by atoms with E-state index in [0.717, 1.165) is 58.7 Å². The van der Waals surface area contributed by atoms with Crippen LogP contribution >= 0.6 is 0 Å². The van der Waals surface area contributed by atoms with E-state index in [9.17, 15) is 0 Å². The van der Waals surface area contributed by atoms with Crippen LogP contribution in [0.2, 0.25) is 0 Å². The molecule has 2 fully saturated rings. The Hall–Kier alpha value is -2.13. The summed E-state index contributed by atoms with van der Waals surface area (Å²) in [6, 6.07) is 10.6. The molecule has 0 atom stereocenters. The van der Waals surface area contributed by atoms with Crippen LogP contribution in [0.15, 0.2) is 24.3 Å². The van der Waals surface area contributed by atoms with E-state index < -0.39 is 36.6 Å². The zero-order valence-corrected chi connectivity index (χ0v) is 52.9. The summed E-state index contributed by atoms with van der Waals surface area (Å²) in [5.41, 5.74) is 15.5. The van der Waals surface area contributed by atoms with Gasteiger partial charge in [-0.3, -0.25) is 0 Å². The number of hydrogen-bond donors (Lipinski definition) is 0. The van der Waals surface area contributed by atoms with E-state index in [0.29, 0.717) is 0 Å². The molecular weight excluding hydrogens is 1070 g/mol. The van der Waals surface area contributed by atoms with Crippen molar-refractivity contribution in [2.75, 3.05) is 0 Å². The number of benzene rings is 3. The van der Waals surface area contributed by atoms with E-state index in [2.05, 4.69) is 107 Å². The van der Waals surface area contributed by atoms with Crippen LogP contribution in [-0.2, 0) is 29.4 Å². The maximum absolute atomic E-state index is 6.98. The molecule has 9 rings (SSSR count). The van der Waals surface area contributed by atoms with E-state index >= 15 is 0 Å². The number of unbranched alkanes of at least 4 members (excludes halogenated alkanes) is 20. The molecule has 0 N–H and O–H groups in total. The first-order chi connectivity index (χ1) is 36.5. The quantitative estimate of drug-likeness (QED) is 0.0332. The van der Waals surface area contributed by atoms with Gasteiger partial charge in [-0.2, -0.15) is 0 Å². The van der Waals surface area contributed by atoms with E-state index in [1.54, 1.807) is 0 Å². The average molecular weight is 1170 g/mol. The number of aromatic nitrogens is 4. The van der Waals surface area contributed by atoms with Crippen LogP contribution in [0.1, 0.15) is 285 Å². The summed E-state index contributed by atoms with van der Waals surface area (Å²) in [6.45, 7) is 26.8. The van der Waals surface area contributed by atoms with Gasteiger partial charge in [0.05, 0.1) is 0 Å². The average Bonchev–Trinajstić information content (AvgIpc) is 4.43. The van der Waals surface area contributed by atoms with Gasteiger partial charge in [0.15, 0.2) is 0 Å². The Labute approximate surface area is 473 Å². The van der Waals surface area contributed by atoms with E-state index in [1.165, 1.54) is 199 Å². The molecule has 5 aromatic rings. The zero-order chi connectivity index (χ0) is 53.9. The molecule has 414 valence electrons. The number of nitrogens with zero attached hydrogens (tertiary/aromatic N) is 4. The summed E-state index contributed by atoms with van der Waals surface area (Å²) in [6.07, 6.45) is 35.0. The summed E-state index contributed by atoms with van der Waals surface area (Å²) < 4.78 is 49.6. The van der Waals surface area contributed by atoms with Crippen molar-refractivity contribution in [3.63, 3.8) is 0 Å². The zero-order valence-electron chi connectivity index (χ0n) is 49.5. The van der Waals surface area contributed by atoms with Crippen LogP contribution in [-0.4, -0.2) is 82.5 Å². The van der Waals surface area contributed by atoms with Crippen LogP contribution in [0.5, 0.6) is 0 Å². The van der Waals surface area contributed by atoms with E-state index in [-0.39, 0.29) is 40.8 Å². The predicted octanol–water partition coefficient (Wildman–Crippen LogP) is 15.8. The fourth-order valence-electron chi connectivity index (χ4n) is 13.8. The summed E-state index contributed by atoms with van der Waals surface area (Å²) >= 11 is -0.493. The minimum absolute atomic E-state index is 0.199. The summed E-state index contributed by atoms with van der Waals surface area (Å²) in [7, 11) is -1.01. The molecular formula is C64H96B2N4O4Se2. The van der Waals surface area contributed by atoms with Crippen LogP contribution < -0.4 is 10.9 Å². The van der Waals surface area contributed by atoms with Gasteiger partial charge in [-0.1, -0.05) is 27.7 Å². The van der Waals surface area contributed by atoms with Gasteiger partial charge in [-0.05, 0) is 0 Å². The molecule has 0 radical (unpaired) electrons. The third-order valence-electron chi connectivity index (χ3n) is 19.7. The second kappa shape index (κ2) is 24.5. The Kier molecular flexibility index (Phi) is 18.9. The van der Waals surface area contributed by atoms with Gasteiger partial charge in [0.25, 0.3) is 0 Å². The van der Waals surface area contributed by atoms with Gasteiger partial charge in [0.2, 0.25) is 0 Å². The molecule has 0 saturated carbocycles. The van der Waals surface area contributed by atoms with Crippen LogP contribution in [0, 0.1) is 0 Å². The molecule has 2 saturated heterocycles. The summed E-state index contributed by atoms with van der Waals surface area (Å²) in [5.74, 6) is 0. The molecule has 0 unspecified atom stereocenters. The van der Waals surface area contributed by atoms with Crippen molar-refractivity contribution in [1.82, 2.24) is 15.9 Å². The minimum atomic E-state index is -0.506. The molecule has 4 heterocycles. The predicted molar refractivity (Wildman–Crippen MR) is 322 cm³/mol. The topological polar surface area (TPSA) is 88.5 Å². The van der Waals surface area contributed by atoms with Crippen molar-refractivity contribution in [3.05, 3.63) is 46.5 Å². The normalized spacial score (nSPS) is 19.1. The third-order valence-corrected chi connectivity index (χ3v) is 22.0. The van der Waals surface area contributed by atoms with E-state index in [1.807, 2.05) is 0 Å². The van der Waals surface area contributed by atoms with Gasteiger partial charge in [0.1, 0.15) is 0 Å². The van der Waals surface area contributed by atoms with Crippen molar-refractivity contribution in [3.8, 4) is 22.3 Å². The van der Waals surface area contributed by atoms with Crippen molar-refractivity contribution < 1.29 is 18.6 Å². The fraction of sp³-hybridized carbons (Fsp3) is 0.719. The van der Waals surface area contributed by atoms with Crippen LogP contribution in [0.3, 0.4) is 0 Å². The van der Waals surface area contributed by atoms with Crippen molar-refractivity contribution in [2.45, 2.75) is 296 Å². The molecule has 0 spiro atoms. The molecule has 0 bridgehead atoms. The standard InChI is InChI=1S/C64H96B2N4O4Se2/c1-13-17-21-25-29-33-37-63(38-34-30-26-22-18-14-2)47-41-46-48(42-45(47)53-49(63)43-51(55-57(53)69-75-67-55)65-71-59(5,6)60(7,8)72-65)64(39-35-31-27-23-19-15-3,40-36-32-28-24-20-16-4)50-44-52(56-58(54(46)50)70-76-68-56)66-73-61(9,10)62(11,12)74-66/h41-44H,13-40H2,1-12H3. The molecule has 3 aromatic carbocycles. The number of fused-ring (bicyclic) bond motifs is 10. The second-order valence-corrected chi connectivity index (χ2v) is 28.3. The fourth-order valence-corrected chi connectivity index (χ4v) is 16.2. The van der Waals surface area contributed by atoms with Crippen LogP contribution in [0.25, 0.3) is 44.3 Å². The Morgan fingerprint density at radius 3 is 0.895 bits per heavy atom. The Balaban J connectivity index is 1.29. The molecule has 8 nitrogen and oxygen atoms in total. The molecule has 4 aliphatic rings. The molecule has 2 aromatic heterocycles. The molecule has 2 aliphatic heterocycles. The molecule has 0 amide bonds. The first-order valence-electron chi connectivity index (χ1n) is 31.0. The number of rotatable bonds is 30. The molecule has 76 heavy (non-hydrogen) atoms. The monoisotopic (exact) mass is 1170 g/mol. The van der Waals surface area contributed by atoms with Crippen LogP contribution in [0.4, 0.5) is 0 Å². The first-order valence-corrected chi connectivity index (χ1v) is 34.1. The summed E-state index contributed by atoms with van der Waals surface area (Å²) in [5, 5.41) is 0. The Bertz CT molecular complexity index is 2510. The molecule has 12 heteroatoms. The van der Waals surface area contributed by atoms with Gasteiger partial charge in [-0.15, -0.1) is 0 Å². The summed E-state index contributed by atoms with van der Waals surface area (Å²) in [4.78, 5) is 0. The third kappa shape index (κ3) is 11.2. The second-order valence-electron chi connectivity index (χ2n) is 26.1. The number of hydrogen-bond acceptors (Lipinski definition) is 8.